The number of benzene rings is 2. The van der Waals surface area contributed by atoms with Crippen LogP contribution in [-0.2, 0) is 24.8 Å². The number of carbonyl (C=O) groups is 1. The van der Waals surface area contributed by atoms with E-state index >= 15 is 0 Å². The molecule has 0 saturated carbocycles. The number of ether oxygens (including phenoxy) is 2. The number of carbonyl (C=O) groups excluding carboxylic acids is 1. The molecule has 1 saturated heterocycles. The average molecular weight is 484 g/mol. The molecule has 2 aromatic carbocycles. The van der Waals surface area contributed by atoms with Gasteiger partial charge in [-0.2, -0.15) is 8.61 Å². The summed E-state index contributed by atoms with van der Waals surface area (Å²) in [6.45, 7) is 1.42. The summed E-state index contributed by atoms with van der Waals surface area (Å²) >= 11 is 0. The van der Waals surface area contributed by atoms with E-state index in [1.165, 1.54) is 72.2 Å². The number of piperazine rings is 1. The van der Waals surface area contributed by atoms with Crippen LogP contribution >= 0.6 is 0 Å². The van der Waals surface area contributed by atoms with Gasteiger partial charge in [0.25, 0.3) is 0 Å². The number of amides is 1. The SMILES string of the molecule is COc1ccc(S(=O)(=O)N2CCN(S(=O)(=O)c3ccc(NC(C)=O)cc3)CC2)cc1OC. The van der Waals surface area contributed by atoms with E-state index in [1.807, 2.05) is 0 Å². The summed E-state index contributed by atoms with van der Waals surface area (Å²) in [6.07, 6.45) is 0. The molecule has 0 unspecified atom stereocenters. The Bertz CT molecular complexity index is 1190. The second-order valence-electron chi connectivity index (χ2n) is 7.03. The molecule has 2 aromatic rings. The number of sulfonamides is 2. The van der Waals surface area contributed by atoms with Crippen LogP contribution in [0.1, 0.15) is 6.92 Å². The van der Waals surface area contributed by atoms with Crippen LogP contribution in [0.5, 0.6) is 11.5 Å². The Labute approximate surface area is 187 Å². The van der Waals surface area contributed by atoms with Crippen LogP contribution in [0.2, 0.25) is 0 Å². The van der Waals surface area contributed by atoms with Crippen molar-refractivity contribution in [3.05, 3.63) is 42.5 Å². The van der Waals surface area contributed by atoms with Crippen LogP contribution in [0.15, 0.2) is 52.3 Å². The third kappa shape index (κ3) is 4.88. The molecule has 32 heavy (non-hydrogen) atoms. The third-order valence-electron chi connectivity index (χ3n) is 5.00. The smallest absolute Gasteiger partial charge is 0.243 e. The minimum atomic E-state index is -3.83. The van der Waals surface area contributed by atoms with Crippen molar-refractivity contribution in [2.75, 3.05) is 45.7 Å². The van der Waals surface area contributed by atoms with E-state index in [2.05, 4.69) is 5.32 Å². The predicted molar refractivity (Wildman–Crippen MR) is 118 cm³/mol. The van der Waals surface area contributed by atoms with Crippen molar-refractivity contribution >= 4 is 31.6 Å². The molecule has 0 aliphatic carbocycles. The van der Waals surface area contributed by atoms with Gasteiger partial charge in [-0.25, -0.2) is 16.8 Å². The second kappa shape index (κ2) is 9.45. The monoisotopic (exact) mass is 483 g/mol. The van der Waals surface area contributed by atoms with Crippen LogP contribution in [0, 0.1) is 0 Å². The summed E-state index contributed by atoms with van der Waals surface area (Å²) in [5.74, 6) is 0.441. The van der Waals surface area contributed by atoms with E-state index in [1.54, 1.807) is 0 Å². The molecular weight excluding hydrogens is 458 g/mol. The lowest BCUT2D eigenvalue weighted by Crippen LogP contribution is -2.50. The highest BCUT2D eigenvalue weighted by molar-refractivity contribution is 7.89. The number of methoxy groups -OCH3 is 2. The molecule has 0 radical (unpaired) electrons. The van der Waals surface area contributed by atoms with Crippen molar-refractivity contribution in [1.82, 2.24) is 8.61 Å². The zero-order chi connectivity index (χ0) is 23.5. The second-order valence-corrected chi connectivity index (χ2v) is 10.9. The van der Waals surface area contributed by atoms with Crippen molar-refractivity contribution in [1.29, 1.82) is 0 Å². The van der Waals surface area contributed by atoms with Gasteiger partial charge in [-0.1, -0.05) is 0 Å². The Hall–Kier alpha value is -2.67. The summed E-state index contributed by atoms with van der Waals surface area (Å²) in [4.78, 5) is 11.2. The first kappa shape index (κ1) is 24.0. The molecule has 0 bridgehead atoms. The number of hydrogen-bond acceptors (Lipinski definition) is 7. The number of hydrogen-bond donors (Lipinski definition) is 1. The molecule has 174 valence electrons. The van der Waals surface area contributed by atoms with Gasteiger partial charge in [-0.3, -0.25) is 4.79 Å². The van der Waals surface area contributed by atoms with Crippen LogP contribution in [-0.4, -0.2) is 71.8 Å². The van der Waals surface area contributed by atoms with E-state index in [9.17, 15) is 21.6 Å². The van der Waals surface area contributed by atoms with Crippen molar-refractivity contribution in [2.24, 2.45) is 0 Å². The van der Waals surface area contributed by atoms with E-state index < -0.39 is 20.0 Å². The lowest BCUT2D eigenvalue weighted by molar-refractivity contribution is -0.114. The molecule has 12 heteroatoms. The first-order valence-corrected chi connectivity index (χ1v) is 12.6. The van der Waals surface area contributed by atoms with Gasteiger partial charge in [0.05, 0.1) is 24.0 Å². The van der Waals surface area contributed by atoms with Gasteiger partial charge >= 0.3 is 0 Å². The fourth-order valence-electron chi connectivity index (χ4n) is 3.34. The summed E-state index contributed by atoms with van der Waals surface area (Å²) in [7, 11) is -4.76. The van der Waals surface area contributed by atoms with Gasteiger partial charge in [-0.15, -0.1) is 0 Å². The van der Waals surface area contributed by atoms with Crippen molar-refractivity contribution < 1.29 is 31.1 Å². The van der Waals surface area contributed by atoms with Gasteiger partial charge in [0.15, 0.2) is 11.5 Å². The fourth-order valence-corrected chi connectivity index (χ4v) is 6.20. The van der Waals surface area contributed by atoms with E-state index in [0.29, 0.717) is 11.4 Å². The average Bonchev–Trinajstić information content (AvgIpc) is 2.78. The third-order valence-corrected chi connectivity index (χ3v) is 8.81. The Kier molecular flexibility index (Phi) is 7.08. The van der Waals surface area contributed by atoms with Crippen molar-refractivity contribution in [2.45, 2.75) is 16.7 Å². The summed E-state index contributed by atoms with van der Waals surface area (Å²) in [5, 5.41) is 2.58. The van der Waals surface area contributed by atoms with Gasteiger partial charge in [0.1, 0.15) is 0 Å². The maximum atomic E-state index is 13.0. The molecule has 1 N–H and O–H groups in total. The topological polar surface area (TPSA) is 122 Å². The van der Waals surface area contributed by atoms with Gasteiger partial charge in [-0.05, 0) is 36.4 Å². The summed E-state index contributed by atoms with van der Waals surface area (Å²) in [6, 6.07) is 10.2. The first-order valence-electron chi connectivity index (χ1n) is 9.69. The summed E-state index contributed by atoms with van der Waals surface area (Å²) in [5.41, 5.74) is 0.488. The molecule has 1 aliphatic heterocycles. The molecule has 3 rings (SSSR count). The molecule has 0 spiro atoms. The van der Waals surface area contributed by atoms with Crippen LogP contribution in [0.4, 0.5) is 5.69 Å². The van der Waals surface area contributed by atoms with Crippen molar-refractivity contribution in [3.63, 3.8) is 0 Å². The highest BCUT2D eigenvalue weighted by Crippen LogP contribution is 2.31. The lowest BCUT2D eigenvalue weighted by atomic mass is 10.3. The van der Waals surface area contributed by atoms with Crippen LogP contribution < -0.4 is 14.8 Å². The Morgan fingerprint density at radius 2 is 1.25 bits per heavy atom. The van der Waals surface area contributed by atoms with Gasteiger partial charge < -0.3 is 14.8 Å². The molecule has 1 amide bonds. The normalized spacial score (nSPS) is 15.8. The number of nitrogens with one attached hydrogen (secondary N) is 1. The minimum absolute atomic E-state index is 0.0138. The van der Waals surface area contributed by atoms with Gasteiger partial charge in [0.2, 0.25) is 26.0 Å². The van der Waals surface area contributed by atoms with E-state index in [0.717, 1.165) is 0 Å². The Balaban J connectivity index is 1.73. The highest BCUT2D eigenvalue weighted by Gasteiger charge is 2.34. The molecular formula is C20H25N3O7S2. The fraction of sp³-hybridized carbons (Fsp3) is 0.350. The molecule has 1 aliphatic rings. The van der Waals surface area contributed by atoms with Gasteiger partial charge in [0, 0.05) is 44.9 Å². The molecule has 1 fully saturated rings. The highest BCUT2D eigenvalue weighted by atomic mass is 32.2. The molecule has 1 heterocycles. The number of nitrogens with zero attached hydrogens (tertiary/aromatic N) is 2. The van der Waals surface area contributed by atoms with E-state index in [-0.39, 0.29) is 47.6 Å². The zero-order valence-electron chi connectivity index (χ0n) is 17.9. The molecule has 0 aromatic heterocycles. The van der Waals surface area contributed by atoms with E-state index in [4.69, 9.17) is 9.47 Å². The van der Waals surface area contributed by atoms with Crippen LogP contribution in [0.25, 0.3) is 0 Å². The predicted octanol–water partition coefficient (Wildman–Crippen LogP) is 1.36. The Morgan fingerprint density at radius 3 is 1.72 bits per heavy atom. The molecule has 10 nitrogen and oxygen atoms in total. The standard InChI is InChI=1S/C20H25N3O7S2/c1-15(24)21-16-4-6-17(7-5-16)31(25,26)22-10-12-23(13-11-22)32(27,28)18-8-9-19(29-2)20(14-18)30-3/h4-9,14H,10-13H2,1-3H3,(H,21,24). The Morgan fingerprint density at radius 1 is 0.781 bits per heavy atom. The summed E-state index contributed by atoms with van der Waals surface area (Å²) < 4.78 is 64.8. The lowest BCUT2D eigenvalue weighted by Gasteiger charge is -2.33. The quantitative estimate of drug-likeness (QED) is 0.631. The largest absolute Gasteiger partial charge is 0.493 e. The number of rotatable bonds is 7. The first-order chi connectivity index (χ1) is 15.1. The van der Waals surface area contributed by atoms with Crippen LogP contribution in [0.3, 0.4) is 0 Å². The maximum absolute atomic E-state index is 13.0. The van der Waals surface area contributed by atoms with Crippen molar-refractivity contribution in [3.8, 4) is 11.5 Å². The number of anilines is 1. The molecule has 0 atom stereocenters. The zero-order valence-corrected chi connectivity index (χ0v) is 19.6. The maximum Gasteiger partial charge on any atom is 0.243 e. The minimum Gasteiger partial charge on any atom is -0.493 e.